The average Bonchev–Trinajstić information content (AvgIpc) is 2.82. The van der Waals surface area contributed by atoms with Crippen molar-refractivity contribution in [2.45, 2.75) is 11.7 Å². The molecule has 2 rings (SSSR count). The number of carboxylic acids is 1. The van der Waals surface area contributed by atoms with Crippen molar-refractivity contribution in [3.8, 4) is 5.75 Å². The Morgan fingerprint density at radius 3 is 2.88 bits per heavy atom. The van der Waals surface area contributed by atoms with Crippen LogP contribution in [0.1, 0.15) is 12.0 Å². The fourth-order valence-corrected chi connectivity index (χ4v) is 3.24. The number of non-ortho nitro benzene ring substituents is 1. The molecule has 0 aliphatic carbocycles. The van der Waals surface area contributed by atoms with Crippen LogP contribution in [-0.4, -0.2) is 43.6 Å². The molecule has 10 nitrogen and oxygen atoms in total. The van der Waals surface area contributed by atoms with Crippen LogP contribution in [0.15, 0.2) is 22.3 Å². The maximum atomic E-state index is 11.5. The first-order valence-corrected chi connectivity index (χ1v) is 8.21. The summed E-state index contributed by atoms with van der Waals surface area (Å²) in [6.45, 7) is 0. The second-order valence-corrected chi connectivity index (χ2v) is 6.82. The predicted octanol–water partition coefficient (Wildman–Crippen LogP) is 1.30. The Hall–Kier alpha value is -2.22. The molecule has 24 heavy (non-hydrogen) atoms. The van der Waals surface area contributed by atoms with Gasteiger partial charge in [-0.15, -0.1) is 5.10 Å². The van der Waals surface area contributed by atoms with Crippen LogP contribution in [0, 0.1) is 13.7 Å². The van der Waals surface area contributed by atoms with E-state index in [0.717, 1.165) is 24.0 Å². The normalized spacial score (nSPS) is 19.0. The number of halogens is 1. The summed E-state index contributed by atoms with van der Waals surface area (Å²) in [4.78, 5) is 32.4. The summed E-state index contributed by atoms with van der Waals surface area (Å²) in [6.07, 6.45) is 0.762. The topological polar surface area (TPSA) is 154 Å². The number of carboxylic acid groups (broad SMARTS) is 1. The van der Waals surface area contributed by atoms with E-state index in [4.69, 9.17) is 5.11 Å². The number of aliphatic carboxylic acids is 1. The molecule has 1 fully saturated rings. The first kappa shape index (κ1) is 18.1. The number of phenolic OH excluding ortho intramolecular Hbond substituents is 1. The fraction of sp³-hybridized carbons (Fsp3) is 0.167. The van der Waals surface area contributed by atoms with Crippen molar-refractivity contribution in [1.29, 1.82) is 0 Å². The van der Waals surface area contributed by atoms with Crippen LogP contribution in [0.5, 0.6) is 5.75 Å². The standard InChI is InChI=1S/C12H9IN4O6S/c13-7-2-6(17(22)23)1-5(10(7)20)4-14-16-12-15-11(21)8(24-12)3-9(18)19/h1-2,4,8,20H,3H2,(H,18,19)(H,15,16,21). The monoisotopic (exact) mass is 464 g/mol. The Morgan fingerprint density at radius 1 is 1.54 bits per heavy atom. The first-order chi connectivity index (χ1) is 11.3. The lowest BCUT2D eigenvalue weighted by molar-refractivity contribution is -0.385. The van der Waals surface area contributed by atoms with Gasteiger partial charge in [0.15, 0.2) is 5.17 Å². The van der Waals surface area contributed by atoms with Crippen LogP contribution in [0.2, 0.25) is 0 Å². The van der Waals surface area contributed by atoms with Crippen LogP contribution >= 0.6 is 34.4 Å². The number of phenols is 1. The Labute approximate surface area is 152 Å². The number of nitro benzene ring substituents is 1. The van der Waals surface area contributed by atoms with Gasteiger partial charge in [0.1, 0.15) is 11.0 Å². The summed E-state index contributed by atoms with van der Waals surface area (Å²) < 4.78 is 0.279. The van der Waals surface area contributed by atoms with Crippen molar-refractivity contribution < 1.29 is 24.7 Å². The third-order valence-electron chi connectivity index (χ3n) is 2.77. The van der Waals surface area contributed by atoms with E-state index in [0.29, 0.717) is 0 Å². The number of nitrogens with one attached hydrogen (secondary N) is 1. The number of carbonyl (C=O) groups excluding carboxylic acids is 1. The van der Waals surface area contributed by atoms with Gasteiger partial charge in [-0.1, -0.05) is 11.8 Å². The van der Waals surface area contributed by atoms with Crippen molar-refractivity contribution >= 4 is 63.3 Å². The molecular weight excluding hydrogens is 455 g/mol. The number of nitrogens with zero attached hydrogens (tertiary/aromatic N) is 3. The molecule has 126 valence electrons. The summed E-state index contributed by atoms with van der Waals surface area (Å²) in [5, 5.41) is 38.4. The summed E-state index contributed by atoms with van der Waals surface area (Å²) in [5.41, 5.74) is -0.120. The highest BCUT2D eigenvalue weighted by Crippen LogP contribution is 2.28. The highest BCUT2D eigenvalue weighted by atomic mass is 127. The molecule has 0 radical (unpaired) electrons. The lowest BCUT2D eigenvalue weighted by Crippen LogP contribution is -2.26. The van der Waals surface area contributed by atoms with Crippen LogP contribution in [0.25, 0.3) is 0 Å². The number of thioether (sulfide) groups is 1. The van der Waals surface area contributed by atoms with Gasteiger partial charge in [-0.05, 0) is 22.6 Å². The molecule has 1 heterocycles. The zero-order chi connectivity index (χ0) is 17.9. The molecule has 0 spiro atoms. The van der Waals surface area contributed by atoms with Gasteiger partial charge in [-0.2, -0.15) is 5.10 Å². The maximum Gasteiger partial charge on any atom is 0.305 e. The Kier molecular flexibility index (Phi) is 5.71. The van der Waals surface area contributed by atoms with E-state index in [9.17, 15) is 24.8 Å². The van der Waals surface area contributed by atoms with Crippen molar-refractivity contribution in [2.75, 3.05) is 0 Å². The fourth-order valence-electron chi connectivity index (χ4n) is 1.70. The minimum Gasteiger partial charge on any atom is -0.506 e. The Morgan fingerprint density at radius 2 is 2.25 bits per heavy atom. The quantitative estimate of drug-likeness (QED) is 0.257. The number of aromatic hydroxyl groups is 1. The molecule has 0 saturated carbocycles. The molecule has 3 N–H and O–H groups in total. The van der Waals surface area contributed by atoms with Gasteiger partial charge >= 0.3 is 5.97 Å². The first-order valence-electron chi connectivity index (χ1n) is 6.25. The van der Waals surface area contributed by atoms with Crippen LogP contribution in [0.4, 0.5) is 5.69 Å². The van der Waals surface area contributed by atoms with E-state index < -0.39 is 22.0 Å². The molecule has 0 aromatic heterocycles. The van der Waals surface area contributed by atoms with Crippen molar-refractivity contribution in [3.05, 3.63) is 31.4 Å². The number of benzene rings is 1. The molecule has 0 bridgehead atoms. The SMILES string of the molecule is O=C(O)CC1SC(=NN=Cc2cc([N+](=O)[O-])cc(I)c2O)NC1=O. The molecule has 1 unspecified atom stereocenters. The number of carbonyl (C=O) groups is 2. The molecule has 1 amide bonds. The summed E-state index contributed by atoms with van der Waals surface area (Å²) in [6, 6.07) is 2.34. The van der Waals surface area contributed by atoms with Crippen molar-refractivity contribution in [3.63, 3.8) is 0 Å². The molecule has 1 saturated heterocycles. The Bertz CT molecular complexity index is 781. The second-order valence-electron chi connectivity index (χ2n) is 4.47. The third-order valence-corrected chi connectivity index (χ3v) is 4.66. The van der Waals surface area contributed by atoms with Crippen LogP contribution in [-0.2, 0) is 9.59 Å². The van der Waals surface area contributed by atoms with Gasteiger partial charge in [0, 0.05) is 17.7 Å². The summed E-state index contributed by atoms with van der Waals surface area (Å²) >= 11 is 2.67. The minimum absolute atomic E-state index is 0.0920. The van der Waals surface area contributed by atoms with Gasteiger partial charge < -0.3 is 15.5 Å². The van der Waals surface area contributed by atoms with Crippen molar-refractivity contribution in [1.82, 2.24) is 5.32 Å². The predicted molar refractivity (Wildman–Crippen MR) is 94.3 cm³/mol. The van der Waals surface area contributed by atoms with Gasteiger partial charge in [-0.3, -0.25) is 19.7 Å². The van der Waals surface area contributed by atoms with E-state index in [1.165, 1.54) is 6.07 Å². The zero-order valence-electron chi connectivity index (χ0n) is 11.7. The average molecular weight is 464 g/mol. The number of hydrogen-bond acceptors (Lipinski definition) is 8. The van der Waals surface area contributed by atoms with E-state index in [1.807, 2.05) is 0 Å². The second kappa shape index (κ2) is 7.57. The smallest absolute Gasteiger partial charge is 0.305 e. The highest BCUT2D eigenvalue weighted by Gasteiger charge is 2.32. The molecule has 1 atom stereocenters. The number of nitro groups is 1. The van der Waals surface area contributed by atoms with Gasteiger partial charge in [0.25, 0.3) is 5.69 Å². The van der Waals surface area contributed by atoms with E-state index in [-0.39, 0.29) is 32.2 Å². The van der Waals surface area contributed by atoms with E-state index in [2.05, 4.69) is 15.5 Å². The number of hydrogen-bond donors (Lipinski definition) is 3. The zero-order valence-corrected chi connectivity index (χ0v) is 14.6. The molecule has 1 aliphatic rings. The van der Waals surface area contributed by atoms with Gasteiger partial charge in [-0.25, -0.2) is 0 Å². The number of amides is 1. The van der Waals surface area contributed by atoms with Gasteiger partial charge in [0.2, 0.25) is 5.91 Å². The largest absolute Gasteiger partial charge is 0.506 e. The van der Waals surface area contributed by atoms with Gasteiger partial charge in [0.05, 0.1) is 21.1 Å². The van der Waals surface area contributed by atoms with Crippen LogP contribution < -0.4 is 5.32 Å². The third kappa shape index (κ3) is 4.41. The lowest BCUT2D eigenvalue weighted by atomic mass is 10.2. The molecule has 12 heteroatoms. The highest BCUT2D eigenvalue weighted by molar-refractivity contribution is 14.1. The molecular formula is C12H9IN4O6S. The number of rotatable bonds is 5. The lowest BCUT2D eigenvalue weighted by Gasteiger charge is -2.01. The maximum absolute atomic E-state index is 11.5. The summed E-state index contributed by atoms with van der Waals surface area (Å²) in [5.74, 6) is -1.77. The molecule has 1 aliphatic heterocycles. The minimum atomic E-state index is -1.11. The Balaban J connectivity index is 2.16. The number of amidine groups is 1. The summed E-state index contributed by atoms with van der Waals surface area (Å²) in [7, 11) is 0. The van der Waals surface area contributed by atoms with E-state index >= 15 is 0 Å². The van der Waals surface area contributed by atoms with Crippen molar-refractivity contribution in [2.24, 2.45) is 10.2 Å². The van der Waals surface area contributed by atoms with E-state index in [1.54, 1.807) is 22.6 Å². The van der Waals surface area contributed by atoms with Crippen LogP contribution in [0.3, 0.4) is 0 Å². The molecule has 1 aromatic rings. The molecule has 1 aromatic carbocycles.